The van der Waals surface area contributed by atoms with E-state index in [1.54, 1.807) is 19.3 Å². The first-order chi connectivity index (χ1) is 12.3. The molecule has 0 fully saturated rings. The van der Waals surface area contributed by atoms with Gasteiger partial charge in [-0.1, -0.05) is 29.6 Å². The number of esters is 1. The van der Waals surface area contributed by atoms with Crippen molar-refractivity contribution in [2.24, 2.45) is 5.92 Å². The standard InChI is InChI=1S/C21H26NO4/c1-14(2)21(22-4,13-16-6-9-18(25-5)10-7-16)19-12-17(24)8-11-20(19)26-15(3)23/h4,6-11,17,19-20,24H,1,12-13H2,2-3,5H3/q+1/t17-,19-,20-,21?/m0/s1. The highest BCUT2D eigenvalue weighted by Crippen LogP contribution is 2.41. The van der Waals surface area contributed by atoms with Crippen LogP contribution in [0.3, 0.4) is 0 Å². The molecule has 26 heavy (non-hydrogen) atoms. The summed E-state index contributed by atoms with van der Waals surface area (Å²) in [5, 5.41) is 10.2. The van der Waals surface area contributed by atoms with E-state index in [2.05, 4.69) is 11.4 Å². The molecule has 0 heterocycles. The number of nitrogens with zero attached hydrogens (tertiary/aromatic N) is 1. The first kappa shape index (κ1) is 19.7. The minimum Gasteiger partial charge on any atom is -0.497 e. The average molecular weight is 356 g/mol. The number of ether oxygens (including phenoxy) is 2. The first-order valence-corrected chi connectivity index (χ1v) is 8.57. The van der Waals surface area contributed by atoms with Gasteiger partial charge in [0.15, 0.2) is 0 Å². The predicted molar refractivity (Wildman–Crippen MR) is 101 cm³/mol. The number of benzene rings is 1. The zero-order valence-electron chi connectivity index (χ0n) is 15.5. The molecule has 0 aliphatic heterocycles. The maximum absolute atomic E-state index is 11.5. The third-order valence-electron chi connectivity index (χ3n) is 4.93. The molecular weight excluding hydrogens is 330 g/mol. The molecule has 0 bridgehead atoms. The van der Waals surface area contributed by atoms with Crippen LogP contribution in [0.5, 0.6) is 5.75 Å². The van der Waals surface area contributed by atoms with Crippen molar-refractivity contribution in [2.75, 3.05) is 7.11 Å². The molecule has 1 aromatic carbocycles. The van der Waals surface area contributed by atoms with E-state index in [1.165, 1.54) is 6.92 Å². The van der Waals surface area contributed by atoms with Crippen molar-refractivity contribution >= 4 is 5.97 Å². The van der Waals surface area contributed by atoms with Crippen LogP contribution in [0.25, 0.3) is 4.85 Å². The molecule has 0 saturated heterocycles. The fraction of sp³-hybridized carbons (Fsp3) is 0.429. The number of carbonyl (C=O) groups excluding carboxylic acids is 1. The zero-order chi connectivity index (χ0) is 19.3. The summed E-state index contributed by atoms with van der Waals surface area (Å²) in [5.74, 6) is 0.0438. The molecule has 2 rings (SSSR count). The Bertz CT molecular complexity index is 731. The Balaban J connectivity index is 2.43. The van der Waals surface area contributed by atoms with Crippen molar-refractivity contribution in [2.45, 2.75) is 44.4 Å². The number of carbonyl (C=O) groups is 1. The van der Waals surface area contributed by atoms with Gasteiger partial charge < -0.3 is 14.6 Å². The van der Waals surface area contributed by atoms with Crippen molar-refractivity contribution in [3.05, 3.63) is 59.0 Å². The maximum Gasteiger partial charge on any atom is 0.311 e. The molecule has 1 unspecified atom stereocenters. The molecule has 4 atom stereocenters. The molecule has 138 valence electrons. The quantitative estimate of drug-likeness (QED) is 0.627. The lowest BCUT2D eigenvalue weighted by atomic mass is 9.68. The average Bonchev–Trinajstić information content (AvgIpc) is 2.61. The van der Waals surface area contributed by atoms with Gasteiger partial charge >= 0.3 is 11.5 Å². The molecule has 0 saturated carbocycles. The summed E-state index contributed by atoms with van der Waals surface area (Å²) in [6.07, 6.45) is 3.01. The number of methoxy groups -OCH3 is 1. The molecular formula is C21H26NO4+. The Hall–Kier alpha value is -2.58. The van der Waals surface area contributed by atoms with Crippen LogP contribution in [0.4, 0.5) is 0 Å². The number of rotatable bonds is 6. The highest BCUT2D eigenvalue weighted by Gasteiger charge is 2.55. The Kier molecular flexibility index (Phi) is 6.23. The Morgan fingerprint density at radius 3 is 2.50 bits per heavy atom. The van der Waals surface area contributed by atoms with Crippen molar-refractivity contribution in [1.29, 1.82) is 0 Å². The summed E-state index contributed by atoms with van der Waals surface area (Å²) in [6, 6.07) is 7.62. The summed E-state index contributed by atoms with van der Waals surface area (Å²) in [5.41, 5.74) is 0.870. The van der Waals surface area contributed by atoms with Gasteiger partial charge in [0.1, 0.15) is 11.9 Å². The zero-order valence-corrected chi connectivity index (χ0v) is 15.5. The SMILES string of the molecule is C#[N+]C(Cc1ccc(OC)cc1)(C(=C)C)[C@H]1C[C@@H](O)C=C[C@@H]1OC(C)=O. The molecule has 1 N–H and O–H groups in total. The van der Waals surface area contributed by atoms with E-state index in [0.717, 1.165) is 16.9 Å². The lowest BCUT2D eigenvalue weighted by molar-refractivity contribution is -0.148. The van der Waals surface area contributed by atoms with E-state index >= 15 is 0 Å². The number of hydrogen-bond donors (Lipinski definition) is 1. The topological polar surface area (TPSA) is 60.1 Å². The van der Waals surface area contributed by atoms with Crippen LogP contribution in [0.1, 0.15) is 25.8 Å². The van der Waals surface area contributed by atoms with Crippen LogP contribution in [0, 0.1) is 12.5 Å². The largest absolute Gasteiger partial charge is 0.497 e. The second-order valence-electron chi connectivity index (χ2n) is 6.73. The summed E-state index contributed by atoms with van der Waals surface area (Å²) in [4.78, 5) is 15.7. The molecule has 1 aromatic rings. The second-order valence-corrected chi connectivity index (χ2v) is 6.73. The van der Waals surface area contributed by atoms with Crippen molar-refractivity contribution in [3.8, 4) is 12.3 Å². The Morgan fingerprint density at radius 2 is 2.00 bits per heavy atom. The summed E-state index contributed by atoms with van der Waals surface area (Å²) in [7, 11) is 1.61. The lowest BCUT2D eigenvalue weighted by Gasteiger charge is -2.35. The van der Waals surface area contributed by atoms with Gasteiger partial charge in [0.2, 0.25) is 0 Å². The molecule has 0 amide bonds. The Labute approximate surface area is 154 Å². The number of hydrogen-bond acceptors (Lipinski definition) is 4. The maximum atomic E-state index is 11.5. The minimum absolute atomic E-state index is 0.323. The van der Waals surface area contributed by atoms with E-state index in [1.807, 2.05) is 31.2 Å². The molecule has 5 heteroatoms. The molecule has 0 radical (unpaired) electrons. The van der Waals surface area contributed by atoms with Crippen LogP contribution < -0.4 is 4.74 Å². The van der Waals surface area contributed by atoms with E-state index in [4.69, 9.17) is 16.0 Å². The fourth-order valence-electron chi connectivity index (χ4n) is 3.53. The van der Waals surface area contributed by atoms with E-state index in [0.29, 0.717) is 12.8 Å². The highest BCUT2D eigenvalue weighted by atomic mass is 16.5. The van der Waals surface area contributed by atoms with Crippen molar-refractivity contribution in [1.82, 2.24) is 0 Å². The minimum atomic E-state index is -0.875. The van der Waals surface area contributed by atoms with E-state index < -0.39 is 23.7 Å². The molecule has 5 nitrogen and oxygen atoms in total. The monoisotopic (exact) mass is 356 g/mol. The van der Waals surface area contributed by atoms with Crippen molar-refractivity contribution < 1.29 is 19.4 Å². The van der Waals surface area contributed by atoms with Crippen LogP contribution in [0.15, 0.2) is 48.6 Å². The normalized spacial score (nSPS) is 24.2. The number of aliphatic hydroxyl groups is 1. The highest BCUT2D eigenvalue weighted by molar-refractivity contribution is 5.66. The van der Waals surface area contributed by atoms with Crippen LogP contribution in [0.2, 0.25) is 0 Å². The van der Waals surface area contributed by atoms with Gasteiger partial charge in [-0.2, -0.15) is 0 Å². The van der Waals surface area contributed by atoms with Gasteiger partial charge in [-0.05, 0) is 37.1 Å². The predicted octanol–water partition coefficient (Wildman–Crippen LogP) is 3.38. The van der Waals surface area contributed by atoms with Crippen LogP contribution in [-0.2, 0) is 16.0 Å². The smallest absolute Gasteiger partial charge is 0.311 e. The second kappa shape index (κ2) is 8.20. The lowest BCUT2D eigenvalue weighted by Crippen LogP contribution is -2.48. The van der Waals surface area contributed by atoms with Gasteiger partial charge in [0.25, 0.3) is 6.57 Å². The van der Waals surface area contributed by atoms with Crippen LogP contribution >= 0.6 is 0 Å². The van der Waals surface area contributed by atoms with Gasteiger partial charge in [0.05, 0.1) is 25.6 Å². The van der Waals surface area contributed by atoms with Gasteiger partial charge in [0, 0.05) is 12.5 Å². The molecule has 1 aliphatic carbocycles. The van der Waals surface area contributed by atoms with Crippen molar-refractivity contribution in [3.63, 3.8) is 0 Å². The number of aliphatic hydroxyl groups excluding tert-OH is 1. The van der Waals surface area contributed by atoms with Gasteiger partial charge in [-0.15, -0.1) is 0 Å². The van der Waals surface area contributed by atoms with E-state index in [9.17, 15) is 9.90 Å². The molecule has 1 aliphatic rings. The summed E-state index contributed by atoms with van der Waals surface area (Å²) >= 11 is 0. The Morgan fingerprint density at radius 1 is 1.35 bits per heavy atom. The fourth-order valence-corrected chi connectivity index (χ4v) is 3.53. The van der Waals surface area contributed by atoms with Crippen LogP contribution in [-0.4, -0.2) is 35.9 Å². The summed E-state index contributed by atoms with van der Waals surface area (Å²) in [6.45, 7) is 13.2. The third kappa shape index (κ3) is 4.14. The van der Waals surface area contributed by atoms with Gasteiger partial charge in [-0.25, -0.2) is 0 Å². The summed E-state index contributed by atoms with van der Waals surface area (Å²) < 4.78 is 10.7. The molecule has 0 aromatic heterocycles. The first-order valence-electron chi connectivity index (χ1n) is 8.57. The third-order valence-corrected chi connectivity index (χ3v) is 4.93. The van der Waals surface area contributed by atoms with Gasteiger partial charge in [-0.3, -0.25) is 4.79 Å². The van der Waals surface area contributed by atoms with E-state index in [-0.39, 0.29) is 5.92 Å². The molecule has 0 spiro atoms.